The molecule has 0 spiro atoms. The highest BCUT2D eigenvalue weighted by atomic mass is 16.4. The molecule has 0 saturated carbocycles. The molecule has 11 heteroatoms. The first-order valence-electron chi connectivity index (χ1n) is 21.9. The highest BCUT2D eigenvalue weighted by Gasteiger charge is 2.24. The van der Waals surface area contributed by atoms with Crippen molar-refractivity contribution >= 4 is 43.6 Å². The molecule has 11 nitrogen and oxygen atoms in total. The van der Waals surface area contributed by atoms with Gasteiger partial charge in [-0.05, 0) is 36.4 Å². The van der Waals surface area contributed by atoms with Crippen LogP contribution in [-0.2, 0) is 0 Å². The van der Waals surface area contributed by atoms with E-state index in [1.807, 2.05) is 164 Å². The summed E-state index contributed by atoms with van der Waals surface area (Å²) in [5, 5.41) is 13.4. The molecule has 0 fully saturated rings. The zero-order valence-corrected chi connectivity index (χ0v) is 35.5. The van der Waals surface area contributed by atoms with Gasteiger partial charge in [0.1, 0.15) is 0 Å². The summed E-state index contributed by atoms with van der Waals surface area (Å²) in [6, 6.07) is 68.8. The second-order valence-electron chi connectivity index (χ2n) is 16.1. The van der Waals surface area contributed by atoms with Crippen LogP contribution in [0.15, 0.2) is 211 Å². The van der Waals surface area contributed by atoms with Crippen LogP contribution >= 0.6 is 0 Å². The number of hydrogen-bond acceptors (Lipinski definition) is 9. The van der Waals surface area contributed by atoms with Crippen molar-refractivity contribution in [1.29, 1.82) is 0 Å². The fourth-order valence-electron chi connectivity index (χ4n) is 8.98. The van der Waals surface area contributed by atoms with E-state index in [1.54, 1.807) is 0 Å². The van der Waals surface area contributed by atoms with E-state index in [1.165, 1.54) is 0 Å². The number of benzene rings is 8. The van der Waals surface area contributed by atoms with Crippen molar-refractivity contribution in [2.24, 2.45) is 0 Å². The number of fused-ring (bicyclic) bond motifs is 6. The molecule has 67 heavy (non-hydrogen) atoms. The predicted octanol–water partition coefficient (Wildman–Crippen LogP) is 12.6. The molecule has 0 aliphatic carbocycles. The second-order valence-corrected chi connectivity index (χ2v) is 16.1. The summed E-state index contributed by atoms with van der Waals surface area (Å²) in [7, 11) is 0. The average molecular weight is 863 g/mol. The smallest absolute Gasteiger partial charge is 0.248 e. The van der Waals surface area contributed by atoms with E-state index in [0.717, 1.165) is 77.0 Å². The van der Waals surface area contributed by atoms with Crippen LogP contribution in [0.5, 0.6) is 0 Å². The number of nitrogens with zero attached hydrogens (tertiary/aromatic N) is 10. The van der Waals surface area contributed by atoms with Crippen LogP contribution in [0.1, 0.15) is 0 Å². The van der Waals surface area contributed by atoms with Gasteiger partial charge < -0.3 is 4.42 Å². The number of hydrogen-bond donors (Lipinski definition) is 0. The lowest BCUT2D eigenvalue weighted by Gasteiger charge is -2.11. The third-order valence-corrected chi connectivity index (χ3v) is 12.0. The Morgan fingerprint density at radius 2 is 0.716 bits per heavy atom. The van der Waals surface area contributed by atoms with Crippen molar-refractivity contribution in [3.63, 3.8) is 0 Å². The van der Waals surface area contributed by atoms with Gasteiger partial charge in [0.05, 0.1) is 22.1 Å². The zero-order chi connectivity index (χ0) is 44.3. The molecular formula is C56H34N10O. The predicted molar refractivity (Wildman–Crippen MR) is 262 cm³/mol. The largest absolute Gasteiger partial charge is 0.416 e. The molecule has 0 atom stereocenters. The number of para-hydroxylation sites is 2. The molecular weight excluding hydrogens is 829 g/mol. The van der Waals surface area contributed by atoms with Crippen molar-refractivity contribution in [2.75, 3.05) is 0 Å². The first-order chi connectivity index (χ1) is 33.2. The van der Waals surface area contributed by atoms with E-state index in [4.69, 9.17) is 39.4 Å². The number of rotatable bonds is 8. The molecule has 314 valence electrons. The molecule has 5 aromatic heterocycles. The topological polar surface area (TPSA) is 126 Å². The van der Waals surface area contributed by atoms with Gasteiger partial charge in [-0.25, -0.2) is 9.97 Å². The van der Waals surface area contributed by atoms with Crippen LogP contribution in [0.3, 0.4) is 0 Å². The van der Waals surface area contributed by atoms with Gasteiger partial charge in [0.2, 0.25) is 23.7 Å². The third kappa shape index (κ3) is 6.52. The van der Waals surface area contributed by atoms with Crippen molar-refractivity contribution in [3.8, 4) is 80.4 Å². The van der Waals surface area contributed by atoms with E-state index in [0.29, 0.717) is 47.0 Å². The Hall–Kier alpha value is -9.48. The lowest BCUT2D eigenvalue weighted by molar-refractivity contribution is 0.585. The maximum atomic E-state index is 6.68. The molecule has 0 N–H and O–H groups in total. The van der Waals surface area contributed by atoms with Gasteiger partial charge in [-0.3, -0.25) is 9.13 Å². The van der Waals surface area contributed by atoms with Crippen molar-refractivity contribution in [1.82, 2.24) is 49.2 Å². The van der Waals surface area contributed by atoms with Crippen molar-refractivity contribution in [2.45, 2.75) is 0 Å². The van der Waals surface area contributed by atoms with Crippen LogP contribution in [-0.4, -0.2) is 49.2 Å². The van der Waals surface area contributed by atoms with E-state index < -0.39 is 0 Å². The lowest BCUT2D eigenvalue weighted by Crippen LogP contribution is -2.06. The molecule has 0 amide bonds. The molecule has 0 radical (unpaired) electrons. The summed E-state index contributed by atoms with van der Waals surface area (Å²) in [6.45, 7) is 0. The highest BCUT2D eigenvalue weighted by Crippen LogP contribution is 2.40. The Labute approximate surface area is 382 Å². The van der Waals surface area contributed by atoms with E-state index in [2.05, 4.69) is 56.7 Å². The minimum Gasteiger partial charge on any atom is -0.416 e. The van der Waals surface area contributed by atoms with Crippen LogP contribution in [0.25, 0.3) is 124 Å². The Balaban J connectivity index is 0.961. The monoisotopic (exact) mass is 862 g/mol. The minimum absolute atomic E-state index is 0.373. The Kier molecular flexibility index (Phi) is 8.88. The van der Waals surface area contributed by atoms with Gasteiger partial charge in [-0.15, -0.1) is 10.2 Å². The molecule has 13 rings (SSSR count). The Morgan fingerprint density at radius 3 is 1.25 bits per heavy atom. The second kappa shape index (κ2) is 15.6. The van der Waals surface area contributed by atoms with Crippen LogP contribution < -0.4 is 0 Å². The van der Waals surface area contributed by atoms with Crippen LogP contribution in [0.4, 0.5) is 0 Å². The summed E-state index contributed by atoms with van der Waals surface area (Å²) < 4.78 is 10.9. The van der Waals surface area contributed by atoms with Crippen LogP contribution in [0.2, 0.25) is 0 Å². The summed E-state index contributed by atoms with van der Waals surface area (Å²) in [6.07, 6.45) is 0. The van der Waals surface area contributed by atoms with Crippen molar-refractivity contribution < 1.29 is 4.42 Å². The van der Waals surface area contributed by atoms with Gasteiger partial charge in [-0.1, -0.05) is 170 Å². The molecule has 0 bridgehead atoms. The SMILES string of the molecule is c1ccc(-c2nc(-c3ccccc3)nc(-n3c4ccccc4c4ccc(-c5nnc(-c6cccc7c6c6ccccc6n7-c6nc(-c7ccccc7)nc(-c7ccccc7)n6)o5)cc43)n2)cc1. The molecule has 13 aromatic rings. The van der Waals surface area contributed by atoms with Gasteiger partial charge in [0.15, 0.2) is 23.3 Å². The normalized spacial score (nSPS) is 11.6. The highest BCUT2D eigenvalue weighted by molar-refractivity contribution is 6.15. The Bertz CT molecular complexity index is 3860. The number of aromatic nitrogens is 10. The lowest BCUT2D eigenvalue weighted by atomic mass is 10.1. The fourth-order valence-corrected chi connectivity index (χ4v) is 8.98. The zero-order valence-electron chi connectivity index (χ0n) is 35.5. The maximum Gasteiger partial charge on any atom is 0.248 e. The quantitative estimate of drug-likeness (QED) is 0.147. The van der Waals surface area contributed by atoms with Gasteiger partial charge in [0.25, 0.3) is 0 Å². The minimum atomic E-state index is 0.373. The average Bonchev–Trinajstić information content (AvgIpc) is 4.13. The van der Waals surface area contributed by atoms with Crippen LogP contribution in [0, 0.1) is 0 Å². The molecule has 5 heterocycles. The van der Waals surface area contributed by atoms with E-state index in [-0.39, 0.29) is 0 Å². The summed E-state index contributed by atoms with van der Waals surface area (Å²) in [5.74, 6) is 4.05. The molecule has 0 aliphatic heterocycles. The Morgan fingerprint density at radius 1 is 0.299 bits per heavy atom. The standard InChI is InChI=1S/C56H34N10O/c1-5-18-35(19-6-1)49-57-50(36-20-7-2-8-21-36)60-55(59-49)65-45-30-16-14-27-42(45)48-43(28-17-31-46(48)65)54-64-63-53(67-54)39-32-33-41-40-26-13-15-29-44(40)66(47(41)34-39)56-61-51(37-22-9-3-10-23-37)58-52(62-56)38-24-11-4-12-25-38/h1-34H. The summed E-state index contributed by atoms with van der Waals surface area (Å²) >= 11 is 0. The van der Waals surface area contributed by atoms with Crippen molar-refractivity contribution in [3.05, 3.63) is 206 Å². The maximum absolute atomic E-state index is 6.68. The molecule has 0 unspecified atom stereocenters. The first kappa shape index (κ1) is 38.0. The van der Waals surface area contributed by atoms with Gasteiger partial charge >= 0.3 is 0 Å². The first-order valence-corrected chi connectivity index (χ1v) is 21.9. The molecule has 0 saturated heterocycles. The molecule has 0 aliphatic rings. The molecule has 8 aromatic carbocycles. The van der Waals surface area contributed by atoms with E-state index in [9.17, 15) is 0 Å². The van der Waals surface area contributed by atoms with E-state index >= 15 is 0 Å². The van der Waals surface area contributed by atoms with Gasteiger partial charge in [-0.2, -0.15) is 19.9 Å². The summed E-state index contributed by atoms with van der Waals surface area (Å²) in [4.78, 5) is 30.3. The fraction of sp³-hybridized carbons (Fsp3) is 0. The third-order valence-electron chi connectivity index (χ3n) is 12.0. The van der Waals surface area contributed by atoms with Gasteiger partial charge in [0, 0.05) is 54.9 Å². The summed E-state index contributed by atoms with van der Waals surface area (Å²) in [5.41, 5.74) is 8.76.